The van der Waals surface area contributed by atoms with E-state index in [-0.39, 0.29) is 18.3 Å². The topological polar surface area (TPSA) is 44.4 Å². The Morgan fingerprint density at radius 3 is 2.64 bits per heavy atom. The number of nitrogens with zero attached hydrogens (tertiary/aromatic N) is 1. The third-order valence-electron chi connectivity index (χ3n) is 3.64. The van der Waals surface area contributed by atoms with Crippen LogP contribution in [0.25, 0.3) is 0 Å². The molecule has 0 bridgehead atoms. The summed E-state index contributed by atoms with van der Waals surface area (Å²) in [5.74, 6) is -0.0784. The second-order valence-corrected chi connectivity index (χ2v) is 6.08. The SMILES string of the molecule is CCCN(CC(=O)Nc1c(Cl)cccc1Cl)C1CCNC1.Cl. The van der Waals surface area contributed by atoms with Crippen LogP contribution in [0.1, 0.15) is 19.8 Å². The molecule has 1 amide bonds. The molecule has 0 saturated carbocycles. The molecule has 22 heavy (non-hydrogen) atoms. The van der Waals surface area contributed by atoms with Crippen LogP contribution in [0, 0.1) is 0 Å². The van der Waals surface area contributed by atoms with Crippen molar-refractivity contribution in [1.29, 1.82) is 0 Å². The number of hydrogen-bond donors (Lipinski definition) is 2. The Bertz CT molecular complexity index is 473. The average Bonchev–Trinajstić information content (AvgIpc) is 2.97. The first-order chi connectivity index (χ1) is 10.1. The van der Waals surface area contributed by atoms with E-state index in [1.165, 1.54) is 0 Å². The number of carbonyl (C=O) groups excluding carboxylic acids is 1. The highest BCUT2D eigenvalue weighted by Crippen LogP contribution is 2.29. The normalized spacial score (nSPS) is 17.4. The smallest absolute Gasteiger partial charge is 0.238 e. The summed E-state index contributed by atoms with van der Waals surface area (Å²) in [7, 11) is 0. The molecule has 1 aromatic rings. The fourth-order valence-corrected chi connectivity index (χ4v) is 3.10. The zero-order chi connectivity index (χ0) is 15.2. The zero-order valence-corrected chi connectivity index (χ0v) is 14.9. The van der Waals surface area contributed by atoms with Crippen molar-refractivity contribution >= 4 is 47.2 Å². The van der Waals surface area contributed by atoms with Crippen molar-refractivity contribution in [2.45, 2.75) is 25.8 Å². The Morgan fingerprint density at radius 1 is 1.41 bits per heavy atom. The maximum atomic E-state index is 12.3. The molecule has 1 saturated heterocycles. The number of carbonyl (C=O) groups is 1. The Balaban J connectivity index is 0.00000242. The number of nitrogens with one attached hydrogen (secondary N) is 2. The molecule has 0 aromatic heterocycles. The number of amides is 1. The monoisotopic (exact) mass is 365 g/mol. The molecule has 1 fully saturated rings. The Morgan fingerprint density at radius 2 is 2.09 bits per heavy atom. The van der Waals surface area contributed by atoms with E-state index < -0.39 is 0 Å². The lowest BCUT2D eigenvalue weighted by atomic mass is 10.2. The molecule has 1 aromatic carbocycles. The summed E-state index contributed by atoms with van der Waals surface area (Å²) >= 11 is 12.2. The molecule has 4 nitrogen and oxygen atoms in total. The summed E-state index contributed by atoms with van der Waals surface area (Å²) < 4.78 is 0. The van der Waals surface area contributed by atoms with E-state index in [1.807, 2.05) is 0 Å². The molecule has 2 rings (SSSR count). The van der Waals surface area contributed by atoms with Gasteiger partial charge in [0.2, 0.25) is 5.91 Å². The van der Waals surface area contributed by atoms with Crippen molar-refractivity contribution in [1.82, 2.24) is 10.2 Å². The summed E-state index contributed by atoms with van der Waals surface area (Å²) in [6, 6.07) is 5.62. The minimum atomic E-state index is -0.0784. The lowest BCUT2D eigenvalue weighted by molar-refractivity contribution is -0.117. The molecule has 124 valence electrons. The van der Waals surface area contributed by atoms with Crippen LogP contribution >= 0.6 is 35.6 Å². The first-order valence-corrected chi connectivity index (χ1v) is 8.06. The molecule has 1 aliphatic heterocycles. The molecule has 0 spiro atoms. The maximum absolute atomic E-state index is 12.3. The van der Waals surface area contributed by atoms with Crippen molar-refractivity contribution in [3.8, 4) is 0 Å². The molecule has 1 aliphatic rings. The summed E-state index contributed by atoms with van der Waals surface area (Å²) in [6.45, 7) is 5.36. The molecule has 2 N–H and O–H groups in total. The molecule has 7 heteroatoms. The minimum absolute atomic E-state index is 0. The number of para-hydroxylation sites is 1. The number of rotatable bonds is 6. The predicted octanol–water partition coefficient (Wildman–Crippen LogP) is 3.43. The van der Waals surface area contributed by atoms with Crippen LogP contribution in [-0.4, -0.2) is 43.0 Å². The molecular weight excluding hydrogens is 345 g/mol. The average molecular weight is 367 g/mol. The van der Waals surface area contributed by atoms with Crippen molar-refractivity contribution in [2.75, 3.05) is 31.5 Å². The van der Waals surface area contributed by atoms with Crippen LogP contribution in [0.15, 0.2) is 18.2 Å². The van der Waals surface area contributed by atoms with Crippen LogP contribution in [-0.2, 0) is 4.79 Å². The van der Waals surface area contributed by atoms with E-state index in [0.717, 1.165) is 32.5 Å². The van der Waals surface area contributed by atoms with Gasteiger partial charge in [0, 0.05) is 12.6 Å². The maximum Gasteiger partial charge on any atom is 0.238 e. The first-order valence-electron chi connectivity index (χ1n) is 7.30. The Kier molecular flexibility index (Phi) is 8.50. The number of benzene rings is 1. The Hall–Kier alpha value is -0.520. The highest BCUT2D eigenvalue weighted by Gasteiger charge is 2.23. The van der Waals surface area contributed by atoms with Crippen LogP contribution in [0.2, 0.25) is 10.0 Å². The van der Waals surface area contributed by atoms with E-state index >= 15 is 0 Å². The van der Waals surface area contributed by atoms with E-state index in [2.05, 4.69) is 22.5 Å². The fourth-order valence-electron chi connectivity index (χ4n) is 2.61. The van der Waals surface area contributed by atoms with Crippen molar-refractivity contribution in [3.63, 3.8) is 0 Å². The van der Waals surface area contributed by atoms with Crippen LogP contribution < -0.4 is 10.6 Å². The third-order valence-corrected chi connectivity index (χ3v) is 4.27. The third kappa shape index (κ3) is 5.28. The largest absolute Gasteiger partial charge is 0.322 e. The van der Waals surface area contributed by atoms with Gasteiger partial charge < -0.3 is 10.6 Å². The summed E-state index contributed by atoms with van der Waals surface area (Å²) in [6.07, 6.45) is 2.11. The fraction of sp³-hybridized carbons (Fsp3) is 0.533. The molecule has 0 aliphatic carbocycles. The van der Waals surface area contributed by atoms with Gasteiger partial charge in [0.1, 0.15) is 0 Å². The van der Waals surface area contributed by atoms with Crippen molar-refractivity contribution < 1.29 is 4.79 Å². The highest BCUT2D eigenvalue weighted by molar-refractivity contribution is 6.39. The van der Waals surface area contributed by atoms with E-state index in [9.17, 15) is 4.79 Å². The number of hydrogen-bond acceptors (Lipinski definition) is 3. The lowest BCUT2D eigenvalue weighted by Crippen LogP contribution is -2.42. The number of halogens is 3. The summed E-state index contributed by atoms with van der Waals surface area (Å²) in [5.41, 5.74) is 0.492. The van der Waals surface area contributed by atoms with E-state index in [0.29, 0.717) is 28.3 Å². The molecular formula is C15H22Cl3N3O. The van der Waals surface area contributed by atoms with Gasteiger partial charge in [0.15, 0.2) is 0 Å². The standard InChI is InChI=1S/C15H21Cl2N3O.ClH/c1-2-8-20(11-6-7-18-9-11)10-14(21)19-15-12(16)4-3-5-13(15)17;/h3-5,11,18H,2,6-10H2,1H3,(H,19,21);1H. The second-order valence-electron chi connectivity index (χ2n) is 5.26. The van der Waals surface area contributed by atoms with Gasteiger partial charge in [-0.25, -0.2) is 0 Å². The van der Waals surface area contributed by atoms with Gasteiger partial charge in [-0.15, -0.1) is 12.4 Å². The Labute approximate surface area is 147 Å². The molecule has 0 radical (unpaired) electrons. The minimum Gasteiger partial charge on any atom is -0.322 e. The lowest BCUT2D eigenvalue weighted by Gasteiger charge is -2.27. The second kappa shape index (κ2) is 9.58. The molecule has 1 atom stereocenters. The highest BCUT2D eigenvalue weighted by atomic mass is 35.5. The summed E-state index contributed by atoms with van der Waals surface area (Å²) in [5, 5.41) is 7.08. The van der Waals surface area contributed by atoms with Gasteiger partial charge in [-0.05, 0) is 38.1 Å². The van der Waals surface area contributed by atoms with Gasteiger partial charge in [-0.3, -0.25) is 9.69 Å². The van der Waals surface area contributed by atoms with Crippen molar-refractivity contribution in [3.05, 3.63) is 28.2 Å². The van der Waals surface area contributed by atoms with Crippen LogP contribution in [0.5, 0.6) is 0 Å². The predicted molar refractivity (Wildman–Crippen MR) is 95.5 cm³/mol. The molecule has 1 unspecified atom stereocenters. The van der Waals surface area contributed by atoms with Gasteiger partial charge in [-0.1, -0.05) is 36.2 Å². The van der Waals surface area contributed by atoms with Gasteiger partial charge >= 0.3 is 0 Å². The van der Waals surface area contributed by atoms with E-state index in [1.54, 1.807) is 18.2 Å². The number of anilines is 1. The van der Waals surface area contributed by atoms with Crippen molar-refractivity contribution in [2.24, 2.45) is 0 Å². The van der Waals surface area contributed by atoms with E-state index in [4.69, 9.17) is 23.2 Å². The van der Waals surface area contributed by atoms with Gasteiger partial charge in [0.25, 0.3) is 0 Å². The first kappa shape index (κ1) is 19.5. The summed E-state index contributed by atoms with van der Waals surface area (Å²) in [4.78, 5) is 14.5. The zero-order valence-electron chi connectivity index (χ0n) is 12.6. The van der Waals surface area contributed by atoms with Crippen LogP contribution in [0.3, 0.4) is 0 Å². The van der Waals surface area contributed by atoms with Crippen LogP contribution in [0.4, 0.5) is 5.69 Å². The quantitative estimate of drug-likeness (QED) is 0.810. The van der Waals surface area contributed by atoms with Gasteiger partial charge in [0.05, 0.1) is 22.3 Å². The van der Waals surface area contributed by atoms with Gasteiger partial charge in [-0.2, -0.15) is 0 Å². The molecule has 1 heterocycles.